The van der Waals surface area contributed by atoms with Gasteiger partial charge in [0.1, 0.15) is 0 Å². The molecule has 0 spiro atoms. The van der Waals surface area contributed by atoms with Gasteiger partial charge in [0.05, 0.1) is 33.6 Å². The molecule has 1 unspecified atom stereocenters. The first-order valence-electron chi connectivity index (χ1n) is 18.0. The van der Waals surface area contributed by atoms with Crippen LogP contribution in [0.1, 0.15) is 90.3 Å². The number of fused-ring (bicyclic) bond motifs is 1. The molecule has 50 heavy (non-hydrogen) atoms. The topological polar surface area (TPSA) is 38.7 Å². The van der Waals surface area contributed by atoms with Crippen LogP contribution in [-0.2, 0) is 10.8 Å². The third-order valence-corrected chi connectivity index (χ3v) is 11.2. The summed E-state index contributed by atoms with van der Waals surface area (Å²) in [5.74, 6) is 0.617. The molecule has 1 fully saturated rings. The van der Waals surface area contributed by atoms with Crippen molar-refractivity contribution >= 4 is 10.8 Å². The highest BCUT2D eigenvalue weighted by Gasteiger charge is 2.36. The first-order chi connectivity index (χ1) is 24.4. The maximum Gasteiger partial charge on any atom is 0.0784 e. The van der Waals surface area contributed by atoms with Gasteiger partial charge in [-0.15, -0.1) is 0 Å². The number of rotatable bonds is 8. The summed E-state index contributed by atoms with van der Waals surface area (Å²) in [7, 11) is 0. The zero-order valence-electron chi connectivity index (χ0n) is 29.2. The molecule has 0 N–H and O–H groups in total. The van der Waals surface area contributed by atoms with Gasteiger partial charge < -0.3 is 0 Å². The fourth-order valence-electron chi connectivity index (χ4n) is 8.22. The Balaban J connectivity index is 1.40. The molecule has 1 saturated carbocycles. The Morgan fingerprint density at radius 2 is 1.14 bits per heavy atom. The Bertz CT molecular complexity index is 2160. The van der Waals surface area contributed by atoms with Gasteiger partial charge in [-0.3, -0.25) is 15.0 Å². The zero-order valence-corrected chi connectivity index (χ0v) is 29.2. The first kappa shape index (κ1) is 31.8. The fraction of sp³-hybridized carbons (Fsp3) is 0.213. The van der Waals surface area contributed by atoms with Crippen LogP contribution in [0.2, 0.25) is 0 Å². The van der Waals surface area contributed by atoms with Crippen LogP contribution in [0.25, 0.3) is 22.0 Å². The lowest BCUT2D eigenvalue weighted by Gasteiger charge is -2.32. The maximum atomic E-state index is 5.68. The quantitative estimate of drug-likeness (QED) is 0.164. The molecule has 246 valence electrons. The van der Waals surface area contributed by atoms with E-state index >= 15 is 0 Å². The molecule has 4 aromatic carbocycles. The number of hydrogen-bond donors (Lipinski definition) is 0. The highest BCUT2D eigenvalue weighted by molar-refractivity contribution is 5.96. The molecule has 1 aliphatic rings. The van der Waals surface area contributed by atoms with Crippen molar-refractivity contribution in [2.24, 2.45) is 0 Å². The summed E-state index contributed by atoms with van der Waals surface area (Å²) >= 11 is 0. The highest BCUT2D eigenvalue weighted by atomic mass is 14.8. The summed E-state index contributed by atoms with van der Waals surface area (Å²) in [5, 5.41) is 2.40. The zero-order chi connectivity index (χ0) is 34.1. The SMILES string of the molecule is Cc1cc(-c2nc([C@](C)(c3ccccc3)c3ccccn3)cc3cc(C4CCCC4)ccc23)cc(C(C)(c2ccccc2)c2ccccn2)c1. The molecule has 3 heterocycles. The number of pyridine rings is 3. The number of aromatic nitrogens is 3. The second-order valence-corrected chi connectivity index (χ2v) is 14.3. The van der Waals surface area contributed by atoms with E-state index in [9.17, 15) is 0 Å². The van der Waals surface area contributed by atoms with Gasteiger partial charge in [-0.1, -0.05) is 115 Å². The second-order valence-electron chi connectivity index (χ2n) is 14.3. The average molecular weight is 650 g/mol. The van der Waals surface area contributed by atoms with Crippen molar-refractivity contribution in [3.8, 4) is 11.3 Å². The summed E-state index contributed by atoms with van der Waals surface area (Å²) in [4.78, 5) is 15.5. The third kappa shape index (κ3) is 5.61. The molecule has 0 saturated heterocycles. The fourth-order valence-corrected chi connectivity index (χ4v) is 8.22. The van der Waals surface area contributed by atoms with Gasteiger partial charge in [0.25, 0.3) is 0 Å². The molecule has 2 atom stereocenters. The van der Waals surface area contributed by atoms with Gasteiger partial charge >= 0.3 is 0 Å². The summed E-state index contributed by atoms with van der Waals surface area (Å²) in [6.07, 6.45) is 8.94. The molecule has 3 aromatic heterocycles. The molecule has 1 aliphatic carbocycles. The van der Waals surface area contributed by atoms with Crippen LogP contribution in [0.4, 0.5) is 0 Å². The van der Waals surface area contributed by atoms with Crippen LogP contribution in [0.3, 0.4) is 0 Å². The van der Waals surface area contributed by atoms with E-state index in [-0.39, 0.29) is 0 Å². The average Bonchev–Trinajstić information content (AvgIpc) is 3.73. The molecule has 8 rings (SSSR count). The lowest BCUT2D eigenvalue weighted by atomic mass is 9.72. The van der Waals surface area contributed by atoms with Crippen molar-refractivity contribution in [3.05, 3.63) is 197 Å². The maximum absolute atomic E-state index is 5.68. The molecular weight excluding hydrogens is 607 g/mol. The summed E-state index contributed by atoms with van der Waals surface area (Å²) < 4.78 is 0. The van der Waals surface area contributed by atoms with Crippen molar-refractivity contribution < 1.29 is 0 Å². The van der Waals surface area contributed by atoms with E-state index < -0.39 is 10.8 Å². The van der Waals surface area contributed by atoms with E-state index in [2.05, 4.69) is 148 Å². The monoisotopic (exact) mass is 649 g/mol. The Morgan fingerprint density at radius 3 is 1.76 bits per heavy atom. The summed E-state index contributed by atoms with van der Waals surface area (Å²) in [6, 6.07) is 50.3. The van der Waals surface area contributed by atoms with Crippen molar-refractivity contribution in [1.82, 2.24) is 15.0 Å². The minimum absolute atomic E-state index is 0.473. The van der Waals surface area contributed by atoms with Crippen LogP contribution < -0.4 is 0 Å². The number of aryl methyl sites for hydroxylation is 1. The highest BCUT2D eigenvalue weighted by Crippen LogP contribution is 2.44. The van der Waals surface area contributed by atoms with E-state index in [0.29, 0.717) is 5.92 Å². The minimum Gasteiger partial charge on any atom is -0.260 e. The van der Waals surface area contributed by atoms with Crippen molar-refractivity contribution in [2.45, 2.75) is 63.2 Å². The largest absolute Gasteiger partial charge is 0.260 e. The van der Waals surface area contributed by atoms with Gasteiger partial charge in [-0.25, -0.2) is 0 Å². The third-order valence-electron chi connectivity index (χ3n) is 11.2. The van der Waals surface area contributed by atoms with Gasteiger partial charge in [0, 0.05) is 23.3 Å². The Labute approximate surface area is 296 Å². The standard InChI is InChI=1S/C47H43N3/c1-33-28-37(31-40(29-33)46(2,38-18-6-4-7-19-38)42-22-12-14-26-48-42)45-41-25-24-35(34-16-10-11-17-34)30-36(41)32-44(50-45)47(3,39-20-8-5-9-21-39)43-23-13-15-27-49-43/h4-9,12-15,18-32,34H,10-11,16-17H2,1-3H3/t46?,47-/m1/s1. The number of benzene rings is 4. The summed E-state index contributed by atoms with van der Waals surface area (Å²) in [6.45, 7) is 6.77. The van der Waals surface area contributed by atoms with Crippen molar-refractivity contribution in [1.29, 1.82) is 0 Å². The molecule has 0 amide bonds. The molecule has 7 aromatic rings. The van der Waals surface area contributed by atoms with Gasteiger partial charge in [-0.05, 0) is 110 Å². The smallest absolute Gasteiger partial charge is 0.0784 e. The van der Waals surface area contributed by atoms with E-state index in [4.69, 9.17) is 15.0 Å². The second kappa shape index (κ2) is 13.1. The summed E-state index contributed by atoms with van der Waals surface area (Å²) in [5.41, 5.74) is 10.2. The van der Waals surface area contributed by atoms with Crippen LogP contribution in [0.15, 0.2) is 152 Å². The van der Waals surface area contributed by atoms with Crippen LogP contribution in [0, 0.1) is 6.92 Å². The number of hydrogen-bond acceptors (Lipinski definition) is 3. The van der Waals surface area contributed by atoms with Gasteiger partial charge in [0.15, 0.2) is 0 Å². The van der Waals surface area contributed by atoms with Crippen LogP contribution in [0.5, 0.6) is 0 Å². The Hall–Kier alpha value is -5.41. The molecule has 3 nitrogen and oxygen atoms in total. The van der Waals surface area contributed by atoms with E-state index in [1.807, 2.05) is 24.5 Å². The minimum atomic E-state index is -0.575. The molecule has 0 bridgehead atoms. The normalized spacial score (nSPS) is 15.8. The molecule has 0 radical (unpaired) electrons. The lowest BCUT2D eigenvalue weighted by Crippen LogP contribution is -2.28. The van der Waals surface area contributed by atoms with Crippen molar-refractivity contribution in [3.63, 3.8) is 0 Å². The molecule has 3 heteroatoms. The van der Waals surface area contributed by atoms with Gasteiger partial charge in [0.2, 0.25) is 0 Å². The Morgan fingerprint density at radius 1 is 0.540 bits per heavy atom. The van der Waals surface area contributed by atoms with E-state index in [1.54, 1.807) is 0 Å². The van der Waals surface area contributed by atoms with Crippen molar-refractivity contribution in [2.75, 3.05) is 0 Å². The molecule has 0 aliphatic heterocycles. The number of nitrogens with zero attached hydrogens (tertiary/aromatic N) is 3. The van der Waals surface area contributed by atoms with Crippen LogP contribution in [-0.4, -0.2) is 15.0 Å². The molecular formula is C47H43N3. The lowest BCUT2D eigenvalue weighted by molar-refractivity contribution is 0.643. The predicted molar refractivity (Wildman–Crippen MR) is 206 cm³/mol. The van der Waals surface area contributed by atoms with Gasteiger partial charge in [-0.2, -0.15) is 0 Å². The predicted octanol–water partition coefficient (Wildman–Crippen LogP) is 11.4. The first-order valence-corrected chi connectivity index (χ1v) is 18.0. The Kier molecular flexibility index (Phi) is 8.36. The van der Waals surface area contributed by atoms with E-state index in [0.717, 1.165) is 28.3 Å². The van der Waals surface area contributed by atoms with Crippen LogP contribution >= 0.6 is 0 Å². The van der Waals surface area contributed by atoms with E-state index in [1.165, 1.54) is 64.3 Å².